The third-order valence-electron chi connectivity index (χ3n) is 4.24. The number of nitrogens with one attached hydrogen (secondary N) is 1. The molecule has 2 aromatic carbocycles. The highest BCUT2D eigenvalue weighted by Crippen LogP contribution is 2.40. The standard InChI is InChI=1S/C22H23NO7/c1-14-4-6-17(26-2)16(10-14)23-20(24)13-30-21(25)7-5-15-11-18(27-3)22-19(12-15)28-8-9-29-22/h4-7,10-12H,8-9,13H2,1-3H3,(H,23,24)/b7-5+. The molecule has 0 unspecified atom stereocenters. The van der Waals surface area contributed by atoms with Gasteiger partial charge < -0.3 is 29.0 Å². The number of hydrogen-bond donors (Lipinski definition) is 1. The molecule has 0 aliphatic carbocycles. The third-order valence-corrected chi connectivity index (χ3v) is 4.24. The Morgan fingerprint density at radius 1 is 1.07 bits per heavy atom. The quantitative estimate of drug-likeness (QED) is 0.551. The largest absolute Gasteiger partial charge is 0.495 e. The molecule has 8 nitrogen and oxygen atoms in total. The molecule has 30 heavy (non-hydrogen) atoms. The van der Waals surface area contributed by atoms with Gasteiger partial charge in [0.2, 0.25) is 5.75 Å². The number of esters is 1. The van der Waals surface area contributed by atoms with Crippen LogP contribution in [0, 0.1) is 6.92 Å². The van der Waals surface area contributed by atoms with Crippen molar-refractivity contribution in [3.63, 3.8) is 0 Å². The zero-order chi connectivity index (χ0) is 21.5. The zero-order valence-electron chi connectivity index (χ0n) is 17.0. The van der Waals surface area contributed by atoms with Crippen LogP contribution in [0.1, 0.15) is 11.1 Å². The van der Waals surface area contributed by atoms with Gasteiger partial charge in [0, 0.05) is 6.08 Å². The van der Waals surface area contributed by atoms with Crippen LogP contribution in [0.2, 0.25) is 0 Å². The average Bonchev–Trinajstić information content (AvgIpc) is 2.75. The number of ether oxygens (including phenoxy) is 5. The molecule has 0 atom stereocenters. The minimum Gasteiger partial charge on any atom is -0.495 e. The van der Waals surface area contributed by atoms with Crippen LogP contribution in [0.3, 0.4) is 0 Å². The van der Waals surface area contributed by atoms with E-state index in [2.05, 4.69) is 5.32 Å². The van der Waals surface area contributed by atoms with Crippen LogP contribution < -0.4 is 24.3 Å². The number of benzene rings is 2. The van der Waals surface area contributed by atoms with Gasteiger partial charge in [0.05, 0.1) is 19.9 Å². The van der Waals surface area contributed by atoms with Gasteiger partial charge in [-0.25, -0.2) is 4.79 Å². The minimum atomic E-state index is -0.657. The SMILES string of the molecule is COc1ccc(C)cc1NC(=O)COC(=O)/C=C/c1cc(OC)c2c(c1)OCCO2. The Morgan fingerprint density at radius 3 is 2.60 bits per heavy atom. The highest BCUT2D eigenvalue weighted by Gasteiger charge is 2.18. The van der Waals surface area contributed by atoms with Gasteiger partial charge in [-0.2, -0.15) is 0 Å². The molecule has 0 fully saturated rings. The van der Waals surface area contributed by atoms with Gasteiger partial charge in [0.15, 0.2) is 18.1 Å². The summed E-state index contributed by atoms with van der Waals surface area (Å²) in [6.07, 6.45) is 2.77. The summed E-state index contributed by atoms with van der Waals surface area (Å²) in [5, 5.41) is 2.67. The smallest absolute Gasteiger partial charge is 0.331 e. The lowest BCUT2D eigenvalue weighted by Crippen LogP contribution is -2.20. The molecule has 8 heteroatoms. The van der Waals surface area contributed by atoms with E-state index >= 15 is 0 Å². The number of carbonyl (C=O) groups is 2. The number of methoxy groups -OCH3 is 2. The molecule has 0 saturated heterocycles. The van der Waals surface area contributed by atoms with Crippen molar-refractivity contribution in [1.29, 1.82) is 0 Å². The predicted molar refractivity (Wildman–Crippen MR) is 110 cm³/mol. The molecule has 0 spiro atoms. The summed E-state index contributed by atoms with van der Waals surface area (Å²) in [7, 11) is 3.04. The minimum absolute atomic E-state index is 0.426. The lowest BCUT2D eigenvalue weighted by molar-refractivity contribution is -0.142. The number of hydrogen-bond acceptors (Lipinski definition) is 7. The van der Waals surface area contributed by atoms with Gasteiger partial charge in [-0.05, 0) is 48.4 Å². The molecule has 1 amide bonds. The Kier molecular flexibility index (Phi) is 6.79. The summed E-state index contributed by atoms with van der Waals surface area (Å²) in [5.41, 5.74) is 2.14. The Balaban J connectivity index is 1.58. The predicted octanol–water partition coefficient (Wildman–Crippen LogP) is 2.98. The number of rotatable bonds is 7. The molecule has 3 rings (SSSR count). The summed E-state index contributed by atoms with van der Waals surface area (Å²) in [6, 6.07) is 8.84. The maximum atomic E-state index is 12.1. The lowest BCUT2D eigenvalue weighted by atomic mass is 10.1. The van der Waals surface area contributed by atoms with Crippen LogP contribution in [0.25, 0.3) is 6.08 Å². The van der Waals surface area contributed by atoms with E-state index < -0.39 is 18.5 Å². The van der Waals surface area contributed by atoms with Crippen LogP contribution in [0.5, 0.6) is 23.0 Å². The number of anilines is 1. The Bertz CT molecular complexity index is 951. The molecule has 2 aromatic rings. The summed E-state index contributed by atoms with van der Waals surface area (Å²) in [5.74, 6) is 0.975. The first kappa shape index (κ1) is 21.0. The van der Waals surface area contributed by atoms with Crippen molar-refractivity contribution in [2.24, 2.45) is 0 Å². The number of aryl methyl sites for hydroxylation is 1. The van der Waals surface area contributed by atoms with Gasteiger partial charge in [-0.1, -0.05) is 6.07 Å². The maximum absolute atomic E-state index is 12.1. The first-order valence-corrected chi connectivity index (χ1v) is 9.27. The number of carbonyl (C=O) groups excluding carboxylic acids is 2. The van der Waals surface area contributed by atoms with E-state index in [9.17, 15) is 9.59 Å². The molecule has 1 aliphatic rings. The highest BCUT2D eigenvalue weighted by atomic mass is 16.6. The van der Waals surface area contributed by atoms with E-state index in [4.69, 9.17) is 23.7 Å². The third kappa shape index (κ3) is 5.22. The van der Waals surface area contributed by atoms with E-state index in [-0.39, 0.29) is 0 Å². The Hall–Kier alpha value is -3.68. The van der Waals surface area contributed by atoms with Gasteiger partial charge in [-0.15, -0.1) is 0 Å². The molecule has 158 valence electrons. The van der Waals surface area contributed by atoms with Gasteiger partial charge in [-0.3, -0.25) is 4.79 Å². The Labute approximate surface area is 174 Å². The number of fused-ring (bicyclic) bond motifs is 1. The summed E-state index contributed by atoms with van der Waals surface area (Å²) in [4.78, 5) is 24.1. The van der Waals surface area contributed by atoms with Crippen LogP contribution in [-0.2, 0) is 14.3 Å². The van der Waals surface area contributed by atoms with Crippen LogP contribution in [0.15, 0.2) is 36.4 Å². The molecule has 1 aliphatic heterocycles. The fourth-order valence-corrected chi connectivity index (χ4v) is 2.84. The lowest BCUT2D eigenvalue weighted by Gasteiger charge is -2.20. The van der Waals surface area contributed by atoms with Gasteiger partial charge >= 0.3 is 5.97 Å². The fourth-order valence-electron chi connectivity index (χ4n) is 2.84. The second-order valence-corrected chi connectivity index (χ2v) is 6.44. The highest BCUT2D eigenvalue weighted by molar-refractivity contribution is 5.95. The van der Waals surface area contributed by atoms with Crippen LogP contribution in [0.4, 0.5) is 5.69 Å². The van der Waals surface area contributed by atoms with Crippen molar-refractivity contribution in [2.75, 3.05) is 39.4 Å². The molecule has 1 heterocycles. The Morgan fingerprint density at radius 2 is 1.83 bits per heavy atom. The van der Waals surface area contributed by atoms with Crippen molar-refractivity contribution in [3.8, 4) is 23.0 Å². The van der Waals surface area contributed by atoms with Gasteiger partial charge in [0.25, 0.3) is 5.91 Å². The zero-order valence-corrected chi connectivity index (χ0v) is 17.0. The summed E-state index contributed by atoms with van der Waals surface area (Å²) in [6.45, 7) is 2.35. The molecular formula is C22H23NO7. The van der Waals surface area contributed by atoms with Crippen molar-refractivity contribution in [2.45, 2.75) is 6.92 Å². The molecule has 0 radical (unpaired) electrons. The summed E-state index contributed by atoms with van der Waals surface area (Å²) >= 11 is 0. The van der Waals surface area contributed by atoms with Crippen molar-refractivity contribution >= 4 is 23.6 Å². The molecule has 0 aromatic heterocycles. The molecule has 1 N–H and O–H groups in total. The number of amides is 1. The van der Waals surface area contributed by atoms with E-state index in [0.29, 0.717) is 47.5 Å². The molecule has 0 saturated carbocycles. The van der Waals surface area contributed by atoms with E-state index in [1.165, 1.54) is 20.3 Å². The van der Waals surface area contributed by atoms with Gasteiger partial charge in [0.1, 0.15) is 19.0 Å². The second-order valence-electron chi connectivity index (χ2n) is 6.44. The van der Waals surface area contributed by atoms with Crippen LogP contribution >= 0.6 is 0 Å². The monoisotopic (exact) mass is 413 g/mol. The molecular weight excluding hydrogens is 390 g/mol. The average molecular weight is 413 g/mol. The van der Waals surface area contributed by atoms with Crippen molar-refractivity contribution < 1.29 is 33.3 Å². The van der Waals surface area contributed by atoms with E-state index in [0.717, 1.165) is 5.56 Å². The molecule has 0 bridgehead atoms. The van der Waals surface area contributed by atoms with Crippen molar-refractivity contribution in [1.82, 2.24) is 0 Å². The fraction of sp³-hybridized carbons (Fsp3) is 0.273. The van der Waals surface area contributed by atoms with Crippen LogP contribution in [-0.4, -0.2) is 45.9 Å². The van der Waals surface area contributed by atoms with Crippen molar-refractivity contribution in [3.05, 3.63) is 47.5 Å². The normalized spacial score (nSPS) is 12.4. The topological polar surface area (TPSA) is 92.3 Å². The van der Waals surface area contributed by atoms with E-state index in [1.807, 2.05) is 13.0 Å². The first-order valence-electron chi connectivity index (χ1n) is 9.27. The summed E-state index contributed by atoms with van der Waals surface area (Å²) < 4.78 is 26.6. The first-order chi connectivity index (χ1) is 14.5. The van der Waals surface area contributed by atoms with E-state index in [1.54, 1.807) is 30.3 Å². The maximum Gasteiger partial charge on any atom is 0.331 e. The second kappa shape index (κ2) is 9.69.